The second kappa shape index (κ2) is 5.80. The minimum absolute atomic E-state index is 0.287. The van der Waals surface area contributed by atoms with Gasteiger partial charge in [0.15, 0.2) is 0 Å². The third-order valence-electron chi connectivity index (χ3n) is 4.82. The molecule has 8 heteroatoms. The number of amides is 1. The first-order chi connectivity index (χ1) is 13.1. The number of carbonyl (C=O) groups excluding carboxylic acids is 1. The predicted octanol–water partition coefficient (Wildman–Crippen LogP) is 3.41. The number of alkyl halides is 1. The Bertz CT molecular complexity index is 1180. The molecule has 5 rings (SSSR count). The van der Waals surface area contributed by atoms with Gasteiger partial charge in [0.2, 0.25) is 11.8 Å². The Kier molecular flexibility index (Phi) is 3.40. The second-order valence-corrected chi connectivity index (χ2v) is 6.60. The van der Waals surface area contributed by atoms with Crippen LogP contribution in [0.1, 0.15) is 6.42 Å². The number of fused-ring (bicyclic) bond motifs is 2. The van der Waals surface area contributed by atoms with E-state index in [2.05, 4.69) is 25.3 Å². The lowest BCUT2D eigenvalue weighted by atomic mass is 10.1. The fourth-order valence-electron chi connectivity index (χ4n) is 3.26. The Morgan fingerprint density at radius 1 is 1.22 bits per heavy atom. The zero-order chi connectivity index (χ0) is 18.5. The van der Waals surface area contributed by atoms with Crippen LogP contribution < -0.4 is 10.1 Å². The fourth-order valence-corrected chi connectivity index (χ4v) is 3.26. The van der Waals surface area contributed by atoms with Crippen molar-refractivity contribution in [1.29, 1.82) is 0 Å². The minimum atomic E-state index is -1.03. The van der Waals surface area contributed by atoms with Crippen LogP contribution in [0.2, 0.25) is 0 Å². The number of carbonyl (C=O) groups is 1. The molecule has 4 aromatic heterocycles. The van der Waals surface area contributed by atoms with E-state index in [0.29, 0.717) is 17.3 Å². The normalized spacial score (nSPS) is 18.7. The summed E-state index contributed by atoms with van der Waals surface area (Å²) < 4.78 is 18.5. The molecule has 0 radical (unpaired) electrons. The predicted molar refractivity (Wildman–Crippen MR) is 99.4 cm³/mol. The van der Waals surface area contributed by atoms with E-state index in [0.717, 1.165) is 27.5 Å². The van der Waals surface area contributed by atoms with Crippen LogP contribution in [0.25, 0.3) is 33.2 Å². The van der Waals surface area contributed by atoms with Crippen LogP contribution in [0, 0.1) is 5.92 Å². The molecule has 2 atom stereocenters. The van der Waals surface area contributed by atoms with Gasteiger partial charge in [-0.1, -0.05) is 0 Å². The van der Waals surface area contributed by atoms with Crippen LogP contribution in [0.4, 0.5) is 10.2 Å². The number of anilines is 1. The summed E-state index contributed by atoms with van der Waals surface area (Å²) in [5.74, 6) is 0.0205. The number of aromatic amines is 2. The van der Waals surface area contributed by atoms with E-state index in [-0.39, 0.29) is 12.3 Å². The van der Waals surface area contributed by atoms with Gasteiger partial charge in [0.05, 0.1) is 13.0 Å². The van der Waals surface area contributed by atoms with E-state index in [1.165, 1.54) is 0 Å². The maximum absolute atomic E-state index is 13.0. The molecule has 0 saturated heterocycles. The van der Waals surface area contributed by atoms with Crippen molar-refractivity contribution >= 4 is 33.8 Å². The molecule has 0 spiro atoms. The van der Waals surface area contributed by atoms with Gasteiger partial charge in [-0.3, -0.25) is 4.79 Å². The number of nitrogens with one attached hydrogen (secondary N) is 3. The number of hydrogen-bond donors (Lipinski definition) is 3. The minimum Gasteiger partial charge on any atom is -0.480 e. The van der Waals surface area contributed by atoms with Crippen molar-refractivity contribution in [2.24, 2.45) is 5.92 Å². The largest absolute Gasteiger partial charge is 0.480 e. The number of H-pyrrole nitrogens is 2. The van der Waals surface area contributed by atoms with Crippen molar-refractivity contribution < 1.29 is 13.9 Å². The summed E-state index contributed by atoms with van der Waals surface area (Å²) in [6, 6.07) is 7.53. The second-order valence-electron chi connectivity index (χ2n) is 6.60. The molecular formula is C19H16FN5O2. The van der Waals surface area contributed by atoms with Crippen molar-refractivity contribution in [2.45, 2.75) is 12.6 Å². The average molecular weight is 365 g/mol. The van der Waals surface area contributed by atoms with Gasteiger partial charge in [-0.2, -0.15) is 4.98 Å². The van der Waals surface area contributed by atoms with E-state index in [1.54, 1.807) is 13.2 Å². The first-order valence-electron chi connectivity index (χ1n) is 8.59. The first kappa shape index (κ1) is 15.8. The molecule has 0 aromatic carbocycles. The van der Waals surface area contributed by atoms with Gasteiger partial charge < -0.3 is 20.0 Å². The Morgan fingerprint density at radius 3 is 2.85 bits per heavy atom. The maximum Gasteiger partial charge on any atom is 0.231 e. The molecule has 1 aliphatic carbocycles. The lowest BCUT2D eigenvalue weighted by molar-refractivity contribution is -0.117. The van der Waals surface area contributed by atoms with Crippen LogP contribution in [-0.4, -0.2) is 39.1 Å². The highest BCUT2D eigenvalue weighted by Gasteiger charge is 2.43. The van der Waals surface area contributed by atoms with Gasteiger partial charge in [0.1, 0.15) is 23.3 Å². The van der Waals surface area contributed by atoms with Crippen molar-refractivity contribution in [3.8, 4) is 17.0 Å². The summed E-state index contributed by atoms with van der Waals surface area (Å²) in [5.41, 5.74) is 3.11. The summed E-state index contributed by atoms with van der Waals surface area (Å²) in [6.45, 7) is 0. The molecule has 4 aromatic rings. The van der Waals surface area contributed by atoms with Crippen molar-refractivity contribution in [1.82, 2.24) is 19.9 Å². The third-order valence-corrected chi connectivity index (χ3v) is 4.82. The summed E-state index contributed by atoms with van der Waals surface area (Å²) in [4.78, 5) is 27.0. The lowest BCUT2D eigenvalue weighted by Crippen LogP contribution is -2.15. The molecule has 136 valence electrons. The molecule has 1 aliphatic rings. The van der Waals surface area contributed by atoms with Crippen LogP contribution in [0.15, 0.2) is 36.7 Å². The smallest absolute Gasteiger partial charge is 0.231 e. The number of hydrogen-bond acceptors (Lipinski definition) is 4. The quantitative estimate of drug-likeness (QED) is 0.516. The van der Waals surface area contributed by atoms with Gasteiger partial charge in [-0.05, 0) is 30.7 Å². The van der Waals surface area contributed by atoms with E-state index in [1.807, 2.05) is 30.6 Å². The molecule has 1 saturated carbocycles. The summed E-state index contributed by atoms with van der Waals surface area (Å²) >= 11 is 0. The van der Waals surface area contributed by atoms with E-state index < -0.39 is 12.1 Å². The van der Waals surface area contributed by atoms with Crippen molar-refractivity contribution in [3.05, 3.63) is 36.7 Å². The summed E-state index contributed by atoms with van der Waals surface area (Å²) in [5, 5.41) is 4.51. The van der Waals surface area contributed by atoms with Gasteiger partial charge in [0, 0.05) is 34.3 Å². The van der Waals surface area contributed by atoms with E-state index >= 15 is 0 Å². The van der Waals surface area contributed by atoms with Gasteiger partial charge >= 0.3 is 0 Å². The van der Waals surface area contributed by atoms with E-state index in [9.17, 15) is 9.18 Å². The Hall–Kier alpha value is -3.42. The molecule has 0 unspecified atom stereocenters. The fraction of sp³-hybridized carbons (Fsp3) is 0.211. The average Bonchev–Trinajstić information content (AvgIpc) is 3.07. The molecule has 1 fully saturated rings. The maximum atomic E-state index is 13.0. The van der Waals surface area contributed by atoms with Crippen LogP contribution in [-0.2, 0) is 4.79 Å². The standard InChI is InChI=1S/C19H16FN5O2/c1-27-19-11(6-9-4-5-21-16(9)25-19)13-8-22-17-10(13)2-3-15(23-17)24-18(26)12-7-14(12)20/h2-6,8,12,14H,7H2,1H3,(H,21,25)(H2,22,23,24,26)/t12-,14-/m0/s1. The molecule has 1 amide bonds. The molecule has 0 aliphatic heterocycles. The number of pyridine rings is 2. The molecule has 3 N–H and O–H groups in total. The topological polar surface area (TPSA) is 95.7 Å². The lowest BCUT2D eigenvalue weighted by Gasteiger charge is -2.07. The third kappa shape index (κ3) is 2.61. The molecule has 4 heterocycles. The Morgan fingerprint density at radius 2 is 2.07 bits per heavy atom. The van der Waals surface area contributed by atoms with E-state index in [4.69, 9.17) is 4.74 Å². The van der Waals surface area contributed by atoms with Crippen LogP contribution >= 0.6 is 0 Å². The van der Waals surface area contributed by atoms with Gasteiger partial charge in [-0.15, -0.1) is 0 Å². The SMILES string of the molecule is COc1nc2[nH]ccc2cc1-c1c[nH]c2nc(NC(=O)[C@H]3C[C@@H]3F)ccc12. The van der Waals surface area contributed by atoms with Gasteiger partial charge in [0.25, 0.3) is 0 Å². The number of ether oxygens (including phenoxy) is 1. The highest BCUT2D eigenvalue weighted by atomic mass is 19.1. The molecular weight excluding hydrogens is 349 g/mol. The molecule has 0 bridgehead atoms. The number of methoxy groups -OCH3 is 1. The highest BCUT2D eigenvalue weighted by molar-refractivity contribution is 5.99. The zero-order valence-corrected chi connectivity index (χ0v) is 14.4. The number of rotatable bonds is 4. The number of halogens is 1. The molecule has 27 heavy (non-hydrogen) atoms. The number of nitrogens with zero attached hydrogens (tertiary/aromatic N) is 2. The van der Waals surface area contributed by atoms with Crippen molar-refractivity contribution in [2.75, 3.05) is 12.4 Å². The summed E-state index contributed by atoms with van der Waals surface area (Å²) in [7, 11) is 1.58. The van der Waals surface area contributed by atoms with Gasteiger partial charge in [-0.25, -0.2) is 9.37 Å². The summed E-state index contributed by atoms with van der Waals surface area (Å²) in [6.07, 6.45) is 2.91. The molecule has 7 nitrogen and oxygen atoms in total. The van der Waals surface area contributed by atoms with Crippen molar-refractivity contribution in [3.63, 3.8) is 0 Å². The highest BCUT2D eigenvalue weighted by Crippen LogP contribution is 2.37. The number of aromatic nitrogens is 4. The van der Waals surface area contributed by atoms with Crippen LogP contribution in [0.3, 0.4) is 0 Å². The first-order valence-corrected chi connectivity index (χ1v) is 8.59. The monoisotopic (exact) mass is 365 g/mol. The zero-order valence-electron chi connectivity index (χ0n) is 14.4. The Balaban J connectivity index is 1.54. The van der Waals surface area contributed by atoms with Crippen LogP contribution in [0.5, 0.6) is 5.88 Å². The Labute approximate surface area is 153 Å².